The van der Waals surface area contributed by atoms with E-state index in [2.05, 4.69) is 49.9 Å². The van der Waals surface area contributed by atoms with E-state index >= 15 is 0 Å². The number of hydrogen-bond donors (Lipinski definition) is 1. The van der Waals surface area contributed by atoms with Crippen LogP contribution in [-0.4, -0.2) is 29.8 Å². The molecule has 1 aliphatic carbocycles. The lowest BCUT2D eigenvalue weighted by Crippen LogP contribution is -2.35. The summed E-state index contributed by atoms with van der Waals surface area (Å²) in [7, 11) is 1.94. The maximum absolute atomic E-state index is 12.6. The molecule has 2 amide bonds. The number of primary amides is 1. The van der Waals surface area contributed by atoms with Gasteiger partial charge >= 0.3 is 0 Å². The molecule has 0 bridgehead atoms. The quantitative estimate of drug-likeness (QED) is 0.823. The predicted molar refractivity (Wildman–Crippen MR) is 115 cm³/mol. The highest BCUT2D eigenvalue weighted by atomic mass is 16.2. The highest BCUT2D eigenvalue weighted by Gasteiger charge is 2.24. The van der Waals surface area contributed by atoms with Crippen LogP contribution < -0.4 is 5.73 Å². The van der Waals surface area contributed by atoms with Crippen LogP contribution in [0.1, 0.15) is 60.5 Å². The Hall–Kier alpha value is -2.62. The monoisotopic (exact) mass is 380 g/mol. The molecular weight excluding hydrogens is 348 g/mol. The Morgan fingerprint density at radius 3 is 2.11 bits per heavy atom. The van der Waals surface area contributed by atoms with E-state index in [-0.39, 0.29) is 11.8 Å². The standard InChI is InChI=1S/C21H25NO.C3H7NO/c1-15-8-13-20(16(2)14-15)17-9-11-18(12-10-17)21(23)22(3)19-6-4-5-7-19;1-2-3(4)5/h8-14,19H,4-7H2,1-3H3;2H2,1H3,(H2,4,5). The molecule has 0 saturated heterocycles. The fraction of sp³-hybridized carbons (Fsp3) is 0.417. The maximum Gasteiger partial charge on any atom is 0.253 e. The lowest BCUT2D eigenvalue weighted by molar-refractivity contribution is -0.117. The summed E-state index contributed by atoms with van der Waals surface area (Å²) in [5.74, 6) is -0.103. The molecule has 0 spiro atoms. The average molecular weight is 381 g/mol. The number of nitrogens with two attached hydrogens (primary N) is 1. The van der Waals surface area contributed by atoms with Gasteiger partial charge in [-0.05, 0) is 55.5 Å². The molecule has 0 heterocycles. The summed E-state index contributed by atoms with van der Waals surface area (Å²) in [6, 6.07) is 15.0. The summed E-state index contributed by atoms with van der Waals surface area (Å²) in [6.45, 7) is 5.97. The molecule has 1 fully saturated rings. The molecule has 4 heteroatoms. The number of hydrogen-bond acceptors (Lipinski definition) is 2. The van der Waals surface area contributed by atoms with Crippen molar-refractivity contribution in [3.63, 3.8) is 0 Å². The van der Waals surface area contributed by atoms with Crippen LogP contribution in [0.2, 0.25) is 0 Å². The molecule has 0 aliphatic heterocycles. The third kappa shape index (κ3) is 5.69. The molecule has 2 aromatic rings. The lowest BCUT2D eigenvalue weighted by Gasteiger charge is -2.24. The first-order chi connectivity index (χ1) is 13.3. The Labute approximate surface area is 168 Å². The van der Waals surface area contributed by atoms with Crippen LogP contribution in [0.15, 0.2) is 42.5 Å². The molecule has 0 atom stereocenters. The Morgan fingerprint density at radius 1 is 1.04 bits per heavy atom. The zero-order chi connectivity index (χ0) is 20.7. The molecule has 2 aromatic carbocycles. The third-order valence-electron chi connectivity index (χ3n) is 5.37. The van der Waals surface area contributed by atoms with Gasteiger partial charge < -0.3 is 10.6 Å². The topological polar surface area (TPSA) is 63.4 Å². The summed E-state index contributed by atoms with van der Waals surface area (Å²) in [5.41, 5.74) is 10.4. The lowest BCUT2D eigenvalue weighted by atomic mass is 9.97. The minimum atomic E-state index is -0.245. The number of amides is 2. The first kappa shape index (κ1) is 21.7. The van der Waals surface area contributed by atoms with E-state index in [1.807, 2.05) is 24.1 Å². The van der Waals surface area contributed by atoms with Crippen LogP contribution in [0.5, 0.6) is 0 Å². The van der Waals surface area contributed by atoms with Crippen LogP contribution in [0, 0.1) is 13.8 Å². The summed E-state index contributed by atoms with van der Waals surface area (Å²) in [4.78, 5) is 24.1. The highest BCUT2D eigenvalue weighted by Crippen LogP contribution is 2.26. The van der Waals surface area contributed by atoms with Gasteiger partial charge in [-0.15, -0.1) is 0 Å². The van der Waals surface area contributed by atoms with Gasteiger partial charge in [0.05, 0.1) is 0 Å². The Bertz CT molecular complexity index is 806. The molecule has 28 heavy (non-hydrogen) atoms. The van der Waals surface area contributed by atoms with Crippen molar-refractivity contribution in [3.05, 3.63) is 59.2 Å². The van der Waals surface area contributed by atoms with Gasteiger partial charge in [0.2, 0.25) is 5.91 Å². The van der Waals surface area contributed by atoms with Crippen molar-refractivity contribution >= 4 is 11.8 Å². The summed E-state index contributed by atoms with van der Waals surface area (Å²) >= 11 is 0. The van der Waals surface area contributed by atoms with Gasteiger partial charge in [0.15, 0.2) is 0 Å². The minimum absolute atomic E-state index is 0.143. The molecule has 1 aliphatic rings. The van der Waals surface area contributed by atoms with Crippen LogP contribution in [0.3, 0.4) is 0 Å². The molecule has 0 unspecified atom stereocenters. The van der Waals surface area contributed by atoms with Crippen molar-refractivity contribution in [1.29, 1.82) is 0 Å². The Balaban J connectivity index is 0.000000500. The minimum Gasteiger partial charge on any atom is -0.370 e. The van der Waals surface area contributed by atoms with Gasteiger partial charge in [-0.1, -0.05) is 55.7 Å². The molecular formula is C24H32N2O2. The number of nitrogens with zero attached hydrogens (tertiary/aromatic N) is 1. The smallest absolute Gasteiger partial charge is 0.253 e. The van der Waals surface area contributed by atoms with Crippen LogP contribution in [0.4, 0.5) is 0 Å². The fourth-order valence-electron chi connectivity index (χ4n) is 3.59. The van der Waals surface area contributed by atoms with Crippen molar-refractivity contribution in [2.45, 2.75) is 58.9 Å². The molecule has 3 rings (SSSR count). The summed E-state index contributed by atoms with van der Waals surface area (Å²) < 4.78 is 0. The van der Waals surface area contributed by atoms with Gasteiger partial charge in [-0.25, -0.2) is 0 Å². The summed E-state index contributed by atoms with van der Waals surface area (Å²) in [5, 5.41) is 0. The highest BCUT2D eigenvalue weighted by molar-refractivity contribution is 5.94. The molecule has 4 nitrogen and oxygen atoms in total. The number of carbonyl (C=O) groups excluding carboxylic acids is 2. The fourth-order valence-corrected chi connectivity index (χ4v) is 3.59. The van der Waals surface area contributed by atoms with Gasteiger partial charge in [0, 0.05) is 25.1 Å². The van der Waals surface area contributed by atoms with Gasteiger partial charge in [-0.2, -0.15) is 0 Å². The van der Waals surface area contributed by atoms with E-state index in [9.17, 15) is 9.59 Å². The predicted octanol–water partition coefficient (Wildman–Crippen LogP) is 4.87. The average Bonchev–Trinajstić information content (AvgIpc) is 3.22. The first-order valence-corrected chi connectivity index (χ1v) is 10.1. The van der Waals surface area contributed by atoms with Crippen LogP contribution in [-0.2, 0) is 4.79 Å². The number of rotatable bonds is 4. The zero-order valence-electron chi connectivity index (χ0n) is 17.5. The Morgan fingerprint density at radius 2 is 1.61 bits per heavy atom. The van der Waals surface area contributed by atoms with Gasteiger partial charge in [0.25, 0.3) is 5.91 Å². The second-order valence-corrected chi connectivity index (χ2v) is 7.57. The summed E-state index contributed by atoms with van der Waals surface area (Å²) in [6.07, 6.45) is 5.22. The number of carbonyl (C=O) groups is 2. The molecule has 0 aromatic heterocycles. The van der Waals surface area contributed by atoms with Crippen molar-refractivity contribution in [2.24, 2.45) is 5.73 Å². The van der Waals surface area contributed by atoms with E-state index in [1.165, 1.54) is 35.1 Å². The number of aryl methyl sites for hydroxylation is 2. The first-order valence-electron chi connectivity index (χ1n) is 10.1. The number of benzene rings is 2. The van der Waals surface area contributed by atoms with E-state index in [1.54, 1.807) is 6.92 Å². The van der Waals surface area contributed by atoms with Crippen LogP contribution in [0.25, 0.3) is 11.1 Å². The second kappa shape index (κ2) is 10.1. The third-order valence-corrected chi connectivity index (χ3v) is 5.37. The maximum atomic E-state index is 12.6. The zero-order valence-corrected chi connectivity index (χ0v) is 17.5. The van der Waals surface area contributed by atoms with Crippen molar-refractivity contribution in [1.82, 2.24) is 4.90 Å². The van der Waals surface area contributed by atoms with E-state index in [4.69, 9.17) is 0 Å². The van der Waals surface area contributed by atoms with Crippen molar-refractivity contribution < 1.29 is 9.59 Å². The van der Waals surface area contributed by atoms with Crippen molar-refractivity contribution in [3.8, 4) is 11.1 Å². The normalized spacial score (nSPS) is 13.6. The van der Waals surface area contributed by atoms with Gasteiger partial charge in [0.1, 0.15) is 0 Å². The second-order valence-electron chi connectivity index (χ2n) is 7.57. The molecule has 0 radical (unpaired) electrons. The molecule has 2 N–H and O–H groups in total. The Kier molecular flexibility index (Phi) is 7.80. The van der Waals surface area contributed by atoms with E-state index < -0.39 is 0 Å². The largest absolute Gasteiger partial charge is 0.370 e. The SMILES string of the molecule is CCC(N)=O.Cc1ccc(-c2ccc(C(=O)N(C)C3CCCC3)cc2)c(C)c1. The van der Waals surface area contributed by atoms with Crippen LogP contribution >= 0.6 is 0 Å². The van der Waals surface area contributed by atoms with E-state index in [0.29, 0.717) is 12.5 Å². The van der Waals surface area contributed by atoms with E-state index in [0.717, 1.165) is 18.4 Å². The molecule has 1 saturated carbocycles. The molecule has 150 valence electrons. The van der Waals surface area contributed by atoms with Gasteiger partial charge in [-0.3, -0.25) is 9.59 Å². The van der Waals surface area contributed by atoms with Crippen molar-refractivity contribution in [2.75, 3.05) is 7.05 Å².